The molecule has 0 heterocycles. The van der Waals surface area contributed by atoms with E-state index in [1.807, 2.05) is 12.1 Å². The molecule has 1 rings (SSSR count). The van der Waals surface area contributed by atoms with Gasteiger partial charge in [0.2, 0.25) is 0 Å². The summed E-state index contributed by atoms with van der Waals surface area (Å²) in [5.41, 5.74) is 0.801. The first kappa shape index (κ1) is 13.8. The van der Waals surface area contributed by atoms with Gasteiger partial charge in [0, 0.05) is 31.4 Å². The van der Waals surface area contributed by atoms with E-state index in [0.717, 1.165) is 5.69 Å². The molecule has 1 N–H and O–H groups in total. The molecule has 1 unspecified atom stereocenters. The van der Waals surface area contributed by atoms with E-state index in [1.54, 1.807) is 26.4 Å². The third-order valence-corrected chi connectivity index (χ3v) is 2.51. The SMILES string of the molecule is COC(CC(C#N)Nc1cccc(Cl)c1)OC. The Morgan fingerprint density at radius 2 is 2.12 bits per heavy atom. The molecule has 0 aliphatic carbocycles. The van der Waals surface area contributed by atoms with E-state index in [4.69, 9.17) is 26.3 Å². The van der Waals surface area contributed by atoms with Crippen LogP contribution < -0.4 is 5.32 Å². The minimum Gasteiger partial charge on any atom is -0.370 e. The van der Waals surface area contributed by atoms with Crippen LogP contribution in [0.5, 0.6) is 0 Å². The molecular weight excluding hydrogens is 240 g/mol. The number of methoxy groups -OCH3 is 2. The monoisotopic (exact) mass is 254 g/mol. The van der Waals surface area contributed by atoms with E-state index in [2.05, 4.69) is 11.4 Å². The molecule has 5 heteroatoms. The molecule has 92 valence electrons. The van der Waals surface area contributed by atoms with Crippen LogP contribution in [0, 0.1) is 11.3 Å². The largest absolute Gasteiger partial charge is 0.370 e. The third kappa shape index (κ3) is 4.61. The molecule has 0 saturated carbocycles. The lowest BCUT2D eigenvalue weighted by atomic mass is 10.2. The van der Waals surface area contributed by atoms with Gasteiger partial charge in [0.25, 0.3) is 0 Å². The van der Waals surface area contributed by atoms with Crippen molar-refractivity contribution in [2.75, 3.05) is 19.5 Å². The molecule has 17 heavy (non-hydrogen) atoms. The van der Waals surface area contributed by atoms with Gasteiger partial charge in [0.05, 0.1) is 6.07 Å². The van der Waals surface area contributed by atoms with Crippen LogP contribution in [0.4, 0.5) is 5.69 Å². The summed E-state index contributed by atoms with van der Waals surface area (Å²) in [5, 5.41) is 12.7. The summed E-state index contributed by atoms with van der Waals surface area (Å²) in [5.74, 6) is 0. The van der Waals surface area contributed by atoms with Crippen molar-refractivity contribution < 1.29 is 9.47 Å². The number of nitriles is 1. The zero-order valence-electron chi connectivity index (χ0n) is 9.81. The number of rotatable bonds is 6. The fraction of sp³-hybridized carbons (Fsp3) is 0.417. The van der Waals surface area contributed by atoms with Gasteiger partial charge in [0.1, 0.15) is 6.04 Å². The molecule has 0 radical (unpaired) electrons. The molecule has 1 aromatic carbocycles. The molecule has 0 aliphatic heterocycles. The maximum Gasteiger partial charge on any atom is 0.159 e. The van der Waals surface area contributed by atoms with Crippen LogP contribution in [0.3, 0.4) is 0 Å². The summed E-state index contributed by atoms with van der Waals surface area (Å²) in [6.07, 6.45) is 0.0436. The summed E-state index contributed by atoms with van der Waals surface area (Å²) in [6.45, 7) is 0. The smallest absolute Gasteiger partial charge is 0.159 e. The number of nitrogens with one attached hydrogen (secondary N) is 1. The maximum atomic E-state index is 9.04. The van der Waals surface area contributed by atoms with Gasteiger partial charge in [-0.25, -0.2) is 0 Å². The molecule has 0 bridgehead atoms. The zero-order valence-corrected chi connectivity index (χ0v) is 10.6. The number of nitrogens with zero attached hydrogens (tertiary/aromatic N) is 1. The Balaban J connectivity index is 2.61. The normalized spacial score (nSPS) is 12.2. The first-order chi connectivity index (χ1) is 8.19. The minimum atomic E-state index is -0.397. The van der Waals surface area contributed by atoms with Crippen LogP contribution in [0.1, 0.15) is 6.42 Å². The molecule has 1 atom stereocenters. The second kappa shape index (κ2) is 7.13. The molecule has 0 aromatic heterocycles. The van der Waals surface area contributed by atoms with Gasteiger partial charge in [-0.05, 0) is 18.2 Å². The van der Waals surface area contributed by atoms with E-state index < -0.39 is 12.3 Å². The highest BCUT2D eigenvalue weighted by Gasteiger charge is 2.15. The van der Waals surface area contributed by atoms with Crippen molar-refractivity contribution in [3.63, 3.8) is 0 Å². The number of ether oxygens (including phenoxy) is 2. The third-order valence-electron chi connectivity index (χ3n) is 2.28. The van der Waals surface area contributed by atoms with Crippen LogP contribution in [-0.2, 0) is 9.47 Å². The lowest BCUT2D eigenvalue weighted by molar-refractivity contribution is -0.106. The fourth-order valence-corrected chi connectivity index (χ4v) is 1.59. The standard InChI is InChI=1S/C12H15ClN2O2/c1-16-12(17-2)7-11(8-14)15-10-5-3-4-9(13)6-10/h3-6,11-12,15H,7H2,1-2H3. The second-order valence-corrected chi connectivity index (χ2v) is 3.91. The van der Waals surface area contributed by atoms with Crippen LogP contribution >= 0.6 is 11.6 Å². The highest BCUT2D eigenvalue weighted by atomic mass is 35.5. The first-order valence-corrected chi connectivity index (χ1v) is 5.54. The molecule has 0 aliphatic rings. The Bertz CT molecular complexity index is 388. The Morgan fingerprint density at radius 3 is 2.65 bits per heavy atom. The van der Waals surface area contributed by atoms with Crippen molar-refractivity contribution in [3.8, 4) is 6.07 Å². The van der Waals surface area contributed by atoms with Crippen LogP contribution in [0.25, 0.3) is 0 Å². The highest BCUT2D eigenvalue weighted by Crippen LogP contribution is 2.17. The second-order valence-electron chi connectivity index (χ2n) is 3.47. The van der Waals surface area contributed by atoms with Gasteiger partial charge >= 0.3 is 0 Å². The van der Waals surface area contributed by atoms with Gasteiger partial charge < -0.3 is 14.8 Å². The number of hydrogen-bond acceptors (Lipinski definition) is 4. The predicted octanol–water partition coefficient (Wildman–Crippen LogP) is 2.65. The Labute approximate surface area is 106 Å². The fourth-order valence-electron chi connectivity index (χ4n) is 1.40. The predicted molar refractivity (Wildman–Crippen MR) is 66.9 cm³/mol. The Hall–Kier alpha value is -1.28. The van der Waals surface area contributed by atoms with Crippen LogP contribution in [0.15, 0.2) is 24.3 Å². The van der Waals surface area contributed by atoms with Gasteiger partial charge in [0.15, 0.2) is 6.29 Å². The first-order valence-electron chi connectivity index (χ1n) is 5.17. The summed E-state index contributed by atoms with van der Waals surface area (Å²) in [6, 6.07) is 8.98. The lowest BCUT2D eigenvalue weighted by Gasteiger charge is -2.18. The molecule has 1 aromatic rings. The van der Waals surface area contributed by atoms with Crippen LogP contribution in [0.2, 0.25) is 5.02 Å². The number of halogens is 1. The molecular formula is C12H15ClN2O2. The summed E-state index contributed by atoms with van der Waals surface area (Å²) in [7, 11) is 3.09. The topological polar surface area (TPSA) is 54.3 Å². The average molecular weight is 255 g/mol. The number of anilines is 1. The molecule has 0 spiro atoms. The zero-order chi connectivity index (χ0) is 12.7. The van der Waals surface area contributed by atoms with Crippen molar-refractivity contribution in [2.45, 2.75) is 18.8 Å². The maximum absolute atomic E-state index is 9.04. The van der Waals surface area contributed by atoms with Gasteiger partial charge in [-0.1, -0.05) is 17.7 Å². The molecule has 0 amide bonds. The van der Waals surface area contributed by atoms with Crippen LogP contribution in [-0.4, -0.2) is 26.6 Å². The summed E-state index contributed by atoms with van der Waals surface area (Å²) >= 11 is 5.86. The number of benzene rings is 1. The highest BCUT2D eigenvalue weighted by molar-refractivity contribution is 6.30. The van der Waals surface area contributed by atoms with Gasteiger partial charge in [-0.15, -0.1) is 0 Å². The van der Waals surface area contributed by atoms with Crippen molar-refractivity contribution in [2.24, 2.45) is 0 Å². The van der Waals surface area contributed by atoms with E-state index in [0.29, 0.717) is 11.4 Å². The van der Waals surface area contributed by atoms with Crippen molar-refractivity contribution >= 4 is 17.3 Å². The van der Waals surface area contributed by atoms with Gasteiger partial charge in [-0.2, -0.15) is 5.26 Å². The van der Waals surface area contributed by atoms with E-state index in [9.17, 15) is 0 Å². The van der Waals surface area contributed by atoms with E-state index in [1.165, 1.54) is 0 Å². The quantitative estimate of drug-likeness (QED) is 0.793. The van der Waals surface area contributed by atoms with E-state index >= 15 is 0 Å². The molecule has 4 nitrogen and oxygen atoms in total. The summed E-state index contributed by atoms with van der Waals surface area (Å²) in [4.78, 5) is 0. The minimum absolute atomic E-state index is 0.390. The lowest BCUT2D eigenvalue weighted by Crippen LogP contribution is -2.26. The Kier molecular flexibility index (Phi) is 5.78. The van der Waals surface area contributed by atoms with E-state index in [-0.39, 0.29) is 0 Å². The van der Waals surface area contributed by atoms with Crippen molar-refractivity contribution in [1.29, 1.82) is 5.26 Å². The van der Waals surface area contributed by atoms with Gasteiger partial charge in [-0.3, -0.25) is 0 Å². The number of hydrogen-bond donors (Lipinski definition) is 1. The molecule has 0 saturated heterocycles. The average Bonchev–Trinajstić information content (AvgIpc) is 2.34. The Morgan fingerprint density at radius 1 is 1.41 bits per heavy atom. The summed E-state index contributed by atoms with van der Waals surface area (Å²) < 4.78 is 10.1. The molecule has 0 fully saturated rings. The van der Waals surface area contributed by atoms with Crippen molar-refractivity contribution in [3.05, 3.63) is 29.3 Å². The van der Waals surface area contributed by atoms with Crippen molar-refractivity contribution in [1.82, 2.24) is 0 Å².